The van der Waals surface area contributed by atoms with E-state index in [9.17, 15) is 13.2 Å². The number of aromatic nitrogens is 2. The van der Waals surface area contributed by atoms with Gasteiger partial charge in [0.2, 0.25) is 0 Å². The molecule has 0 unspecified atom stereocenters. The molecule has 1 aliphatic carbocycles. The Labute approximate surface area is 110 Å². The lowest BCUT2D eigenvalue weighted by Crippen LogP contribution is -2.37. The third-order valence-corrected chi connectivity index (χ3v) is 3.25. The van der Waals surface area contributed by atoms with Gasteiger partial charge in [-0.15, -0.1) is 0 Å². The molecule has 0 radical (unpaired) electrons. The van der Waals surface area contributed by atoms with E-state index in [-0.39, 0.29) is 17.7 Å². The van der Waals surface area contributed by atoms with E-state index in [4.69, 9.17) is 5.84 Å². The summed E-state index contributed by atoms with van der Waals surface area (Å²) in [5, 5.41) is 0. The average molecular weight is 326 g/mol. The summed E-state index contributed by atoms with van der Waals surface area (Å²) >= 11 is 3.17. The summed E-state index contributed by atoms with van der Waals surface area (Å²) in [6, 6.07) is -0.122. The molecule has 1 heterocycles. The van der Waals surface area contributed by atoms with Gasteiger partial charge in [0, 0.05) is 6.04 Å². The van der Waals surface area contributed by atoms with Crippen LogP contribution in [-0.2, 0) is 0 Å². The molecule has 0 aromatic carbocycles. The molecule has 1 fully saturated rings. The zero-order valence-corrected chi connectivity index (χ0v) is 10.8. The van der Waals surface area contributed by atoms with Gasteiger partial charge in [-0.3, -0.25) is 0 Å². The lowest BCUT2D eigenvalue weighted by atomic mass is 10.4. The Kier molecular flexibility index (Phi) is 3.62. The Morgan fingerprint density at radius 2 is 2.11 bits per heavy atom. The first-order valence-corrected chi connectivity index (χ1v) is 6.02. The average Bonchev–Trinajstić information content (AvgIpc) is 3.09. The molecule has 2 rings (SSSR count). The molecule has 0 amide bonds. The van der Waals surface area contributed by atoms with E-state index in [2.05, 4.69) is 31.3 Å². The highest BCUT2D eigenvalue weighted by Crippen LogP contribution is 2.38. The number of halogens is 4. The van der Waals surface area contributed by atoms with Crippen LogP contribution in [0.1, 0.15) is 12.8 Å². The maximum Gasteiger partial charge on any atom is 0.405 e. The fourth-order valence-corrected chi connectivity index (χ4v) is 2.16. The largest absolute Gasteiger partial charge is 0.405 e. The Hall–Kier alpha value is -1.09. The van der Waals surface area contributed by atoms with Crippen molar-refractivity contribution in [3.8, 4) is 0 Å². The number of hydrazine groups is 1. The molecule has 0 bridgehead atoms. The number of hydrogen-bond acceptors (Lipinski definition) is 5. The van der Waals surface area contributed by atoms with E-state index in [0.29, 0.717) is 4.47 Å². The van der Waals surface area contributed by atoms with Gasteiger partial charge < -0.3 is 10.3 Å². The molecular weight excluding hydrogens is 315 g/mol. The zero-order chi connectivity index (χ0) is 13.3. The highest BCUT2D eigenvalue weighted by atomic mass is 79.9. The Balaban J connectivity index is 2.31. The van der Waals surface area contributed by atoms with Gasteiger partial charge >= 0.3 is 6.18 Å². The fraction of sp³-hybridized carbons (Fsp3) is 0.556. The number of rotatable bonds is 4. The summed E-state index contributed by atoms with van der Waals surface area (Å²) in [6.45, 7) is -1.03. The van der Waals surface area contributed by atoms with E-state index >= 15 is 0 Å². The highest BCUT2D eigenvalue weighted by Gasteiger charge is 2.39. The van der Waals surface area contributed by atoms with Crippen LogP contribution in [0.5, 0.6) is 0 Å². The lowest BCUT2D eigenvalue weighted by molar-refractivity contribution is -0.120. The van der Waals surface area contributed by atoms with Crippen LogP contribution in [0, 0.1) is 0 Å². The van der Waals surface area contributed by atoms with Crippen molar-refractivity contribution < 1.29 is 13.2 Å². The topological polar surface area (TPSA) is 67.1 Å². The predicted octanol–water partition coefficient (Wildman–Crippen LogP) is 2.06. The number of nitrogens with two attached hydrogens (primary N) is 1. The minimum absolute atomic E-state index is 0.122. The van der Waals surface area contributed by atoms with Crippen molar-refractivity contribution in [2.75, 3.05) is 16.9 Å². The van der Waals surface area contributed by atoms with Crippen molar-refractivity contribution in [2.24, 2.45) is 5.84 Å². The molecule has 18 heavy (non-hydrogen) atoms. The van der Waals surface area contributed by atoms with Crippen LogP contribution in [0.25, 0.3) is 0 Å². The lowest BCUT2D eigenvalue weighted by Gasteiger charge is -2.25. The third kappa shape index (κ3) is 3.02. The van der Waals surface area contributed by atoms with Crippen molar-refractivity contribution in [3.05, 3.63) is 10.8 Å². The molecule has 0 atom stereocenters. The van der Waals surface area contributed by atoms with Crippen LogP contribution in [0.2, 0.25) is 0 Å². The SMILES string of the molecule is NNc1ncnc(N(CC(F)(F)F)C2CC2)c1Br. The predicted molar refractivity (Wildman–Crippen MR) is 64.0 cm³/mol. The molecule has 0 saturated heterocycles. The van der Waals surface area contributed by atoms with E-state index < -0.39 is 12.7 Å². The quantitative estimate of drug-likeness (QED) is 0.655. The van der Waals surface area contributed by atoms with Gasteiger partial charge in [0.05, 0.1) is 0 Å². The van der Waals surface area contributed by atoms with E-state index in [1.54, 1.807) is 0 Å². The standard InChI is InChI=1S/C9H11BrF3N5/c10-6-7(17-14)15-4-16-8(6)18(5-1-2-5)3-9(11,12)13/h4-5H,1-3,14H2,(H,15,16,17). The van der Waals surface area contributed by atoms with Gasteiger partial charge in [0.15, 0.2) is 5.82 Å². The van der Waals surface area contributed by atoms with Crippen LogP contribution < -0.4 is 16.2 Å². The van der Waals surface area contributed by atoms with E-state index in [0.717, 1.165) is 12.8 Å². The summed E-state index contributed by atoms with van der Waals surface area (Å²) in [7, 11) is 0. The summed E-state index contributed by atoms with van der Waals surface area (Å²) in [4.78, 5) is 8.95. The Morgan fingerprint density at radius 3 is 2.61 bits per heavy atom. The van der Waals surface area contributed by atoms with Crippen molar-refractivity contribution in [2.45, 2.75) is 25.1 Å². The second-order valence-electron chi connectivity index (χ2n) is 3.98. The van der Waals surface area contributed by atoms with Gasteiger partial charge in [-0.05, 0) is 28.8 Å². The normalized spacial score (nSPS) is 15.6. The molecule has 5 nitrogen and oxygen atoms in total. The van der Waals surface area contributed by atoms with Crippen LogP contribution >= 0.6 is 15.9 Å². The van der Waals surface area contributed by atoms with Crippen LogP contribution in [0.3, 0.4) is 0 Å². The summed E-state index contributed by atoms with van der Waals surface area (Å²) < 4.78 is 38.0. The number of nitrogen functional groups attached to an aromatic ring is 1. The molecule has 9 heteroatoms. The summed E-state index contributed by atoms with van der Waals surface area (Å²) in [6.07, 6.45) is -1.62. The van der Waals surface area contributed by atoms with Crippen molar-refractivity contribution in [3.63, 3.8) is 0 Å². The molecule has 0 aliphatic heterocycles. The molecule has 100 valence electrons. The summed E-state index contributed by atoms with van der Waals surface area (Å²) in [5.41, 5.74) is 2.31. The zero-order valence-electron chi connectivity index (χ0n) is 9.21. The van der Waals surface area contributed by atoms with E-state index in [1.165, 1.54) is 11.2 Å². The van der Waals surface area contributed by atoms with Crippen LogP contribution in [-0.4, -0.2) is 28.7 Å². The summed E-state index contributed by atoms with van der Waals surface area (Å²) in [5.74, 6) is 5.69. The number of hydrogen-bond donors (Lipinski definition) is 2. The smallest absolute Gasteiger partial charge is 0.343 e. The molecule has 1 aliphatic rings. The minimum Gasteiger partial charge on any atom is -0.343 e. The molecule has 0 spiro atoms. The maximum absolute atomic E-state index is 12.6. The van der Waals surface area contributed by atoms with Gasteiger partial charge in [-0.2, -0.15) is 13.2 Å². The highest BCUT2D eigenvalue weighted by molar-refractivity contribution is 9.10. The molecule has 1 aromatic heterocycles. The molecule has 1 aromatic rings. The number of alkyl halides is 3. The molecule has 3 N–H and O–H groups in total. The fourth-order valence-electron chi connectivity index (χ4n) is 1.62. The van der Waals surface area contributed by atoms with Gasteiger partial charge in [0.1, 0.15) is 23.2 Å². The van der Waals surface area contributed by atoms with Crippen LogP contribution in [0.4, 0.5) is 24.8 Å². The maximum atomic E-state index is 12.6. The number of nitrogens with zero attached hydrogens (tertiary/aromatic N) is 3. The van der Waals surface area contributed by atoms with Gasteiger partial charge in [0.25, 0.3) is 0 Å². The second-order valence-corrected chi connectivity index (χ2v) is 4.77. The second kappa shape index (κ2) is 4.88. The minimum atomic E-state index is -4.27. The van der Waals surface area contributed by atoms with Gasteiger partial charge in [-0.1, -0.05) is 0 Å². The molecule has 1 saturated carbocycles. The first-order valence-electron chi connectivity index (χ1n) is 5.23. The Bertz CT molecular complexity index is 435. The number of anilines is 2. The third-order valence-electron chi connectivity index (χ3n) is 2.52. The Morgan fingerprint density at radius 1 is 1.44 bits per heavy atom. The van der Waals surface area contributed by atoms with Crippen molar-refractivity contribution in [1.29, 1.82) is 0 Å². The van der Waals surface area contributed by atoms with Crippen molar-refractivity contribution >= 4 is 27.6 Å². The number of nitrogens with one attached hydrogen (secondary N) is 1. The van der Waals surface area contributed by atoms with Gasteiger partial charge in [-0.25, -0.2) is 15.8 Å². The van der Waals surface area contributed by atoms with Crippen molar-refractivity contribution in [1.82, 2.24) is 9.97 Å². The van der Waals surface area contributed by atoms with E-state index in [1.807, 2.05) is 0 Å². The monoisotopic (exact) mass is 325 g/mol. The first-order chi connectivity index (χ1) is 8.42. The molecular formula is C9H11BrF3N5. The van der Waals surface area contributed by atoms with Crippen LogP contribution in [0.15, 0.2) is 10.8 Å². The first kappa shape index (κ1) is 13.3.